The molecule has 0 aromatic carbocycles. The lowest BCUT2D eigenvalue weighted by Crippen LogP contribution is -2.28. The van der Waals surface area contributed by atoms with Crippen molar-refractivity contribution in [3.63, 3.8) is 0 Å². The van der Waals surface area contributed by atoms with Gasteiger partial charge in [0, 0.05) is 18.4 Å². The van der Waals surface area contributed by atoms with E-state index < -0.39 is 0 Å². The second-order valence-corrected chi connectivity index (χ2v) is 3.45. The fourth-order valence-corrected chi connectivity index (χ4v) is 1.47. The van der Waals surface area contributed by atoms with Crippen LogP contribution in [-0.4, -0.2) is 29.3 Å². The summed E-state index contributed by atoms with van der Waals surface area (Å²) in [7, 11) is 0. The first-order valence-corrected chi connectivity index (χ1v) is 4.87. The lowest BCUT2D eigenvalue weighted by Gasteiger charge is -2.22. The first-order chi connectivity index (χ1) is 6.84. The van der Waals surface area contributed by atoms with Gasteiger partial charge in [-0.3, -0.25) is 0 Å². The molecule has 2 heterocycles. The van der Waals surface area contributed by atoms with E-state index in [2.05, 4.69) is 9.97 Å². The molecule has 1 aromatic heterocycles. The van der Waals surface area contributed by atoms with E-state index in [1.54, 1.807) is 0 Å². The number of aromatic nitrogens is 2. The van der Waals surface area contributed by atoms with Crippen LogP contribution >= 0.6 is 0 Å². The fourth-order valence-electron chi connectivity index (χ4n) is 1.47. The summed E-state index contributed by atoms with van der Waals surface area (Å²) < 4.78 is 11.0. The van der Waals surface area contributed by atoms with Gasteiger partial charge in [0.2, 0.25) is 5.88 Å². The van der Waals surface area contributed by atoms with Crippen molar-refractivity contribution >= 4 is 0 Å². The lowest BCUT2D eigenvalue weighted by molar-refractivity contribution is 0.00541. The number of ether oxygens (including phenoxy) is 2. The highest BCUT2D eigenvalue weighted by molar-refractivity contribution is 5.12. The largest absolute Gasteiger partial charge is 0.472 e. The smallest absolute Gasteiger partial charge is 0.216 e. The summed E-state index contributed by atoms with van der Waals surface area (Å²) in [6.07, 6.45) is 3.78. The first kappa shape index (κ1) is 9.40. The van der Waals surface area contributed by atoms with Crippen LogP contribution in [0, 0.1) is 6.92 Å². The predicted molar refractivity (Wildman–Crippen MR) is 51.2 cm³/mol. The van der Waals surface area contributed by atoms with Gasteiger partial charge in [-0.2, -0.15) is 0 Å². The molecule has 4 heteroatoms. The van der Waals surface area contributed by atoms with Gasteiger partial charge in [-0.05, 0) is 19.8 Å². The van der Waals surface area contributed by atoms with E-state index in [-0.39, 0.29) is 6.10 Å². The molecule has 4 nitrogen and oxygen atoms in total. The van der Waals surface area contributed by atoms with Crippen LogP contribution in [-0.2, 0) is 4.74 Å². The molecule has 1 atom stereocenters. The molecule has 0 amide bonds. The van der Waals surface area contributed by atoms with Gasteiger partial charge in [0.15, 0.2) is 0 Å². The van der Waals surface area contributed by atoms with E-state index in [4.69, 9.17) is 9.47 Å². The van der Waals surface area contributed by atoms with E-state index in [0.29, 0.717) is 12.5 Å². The van der Waals surface area contributed by atoms with Crippen molar-refractivity contribution in [3.05, 3.63) is 18.1 Å². The van der Waals surface area contributed by atoms with Crippen molar-refractivity contribution in [2.75, 3.05) is 13.2 Å². The Morgan fingerprint density at radius 1 is 1.50 bits per heavy atom. The number of hydrogen-bond donors (Lipinski definition) is 0. The van der Waals surface area contributed by atoms with Gasteiger partial charge in [0.1, 0.15) is 12.4 Å². The molecule has 1 aromatic rings. The molecule has 0 N–H and O–H groups in total. The fraction of sp³-hybridized carbons (Fsp3) is 0.600. The molecule has 2 rings (SSSR count). The van der Waals surface area contributed by atoms with E-state index in [1.165, 1.54) is 6.33 Å². The summed E-state index contributed by atoms with van der Waals surface area (Å²) >= 11 is 0. The minimum atomic E-state index is 0.151. The molecule has 0 aliphatic carbocycles. The second kappa shape index (κ2) is 4.37. The highest BCUT2D eigenvalue weighted by atomic mass is 16.5. The quantitative estimate of drug-likeness (QED) is 0.712. The van der Waals surface area contributed by atoms with E-state index in [1.807, 2.05) is 13.0 Å². The topological polar surface area (TPSA) is 44.2 Å². The molecule has 0 saturated carbocycles. The number of aryl methyl sites for hydroxylation is 1. The normalized spacial score (nSPS) is 21.9. The zero-order valence-electron chi connectivity index (χ0n) is 8.27. The zero-order valence-corrected chi connectivity index (χ0v) is 8.27. The summed E-state index contributed by atoms with van der Waals surface area (Å²) in [5, 5.41) is 0. The number of rotatable bonds is 2. The minimum absolute atomic E-state index is 0.151. The van der Waals surface area contributed by atoms with Crippen molar-refractivity contribution in [3.8, 4) is 5.88 Å². The van der Waals surface area contributed by atoms with Crippen LogP contribution < -0.4 is 4.74 Å². The van der Waals surface area contributed by atoms with Crippen LogP contribution in [0.15, 0.2) is 12.4 Å². The van der Waals surface area contributed by atoms with Crippen LogP contribution in [0.4, 0.5) is 0 Å². The Morgan fingerprint density at radius 2 is 2.43 bits per heavy atom. The third kappa shape index (κ3) is 2.42. The van der Waals surface area contributed by atoms with E-state index in [9.17, 15) is 0 Å². The molecule has 1 fully saturated rings. The Morgan fingerprint density at radius 3 is 3.14 bits per heavy atom. The molecule has 14 heavy (non-hydrogen) atoms. The molecule has 1 unspecified atom stereocenters. The standard InChI is InChI=1S/C10H14N2O2/c1-8-5-10(12-7-11-8)14-9-3-2-4-13-6-9/h5,7,9H,2-4,6H2,1H3. The van der Waals surface area contributed by atoms with Gasteiger partial charge in [0.25, 0.3) is 0 Å². The van der Waals surface area contributed by atoms with Gasteiger partial charge in [-0.15, -0.1) is 0 Å². The second-order valence-electron chi connectivity index (χ2n) is 3.45. The molecule has 1 aliphatic heterocycles. The van der Waals surface area contributed by atoms with Gasteiger partial charge < -0.3 is 9.47 Å². The lowest BCUT2D eigenvalue weighted by atomic mass is 10.2. The Hall–Kier alpha value is -1.16. The van der Waals surface area contributed by atoms with Gasteiger partial charge in [-0.1, -0.05) is 0 Å². The van der Waals surface area contributed by atoms with Crippen LogP contribution in [0.25, 0.3) is 0 Å². The third-order valence-electron chi connectivity index (χ3n) is 2.18. The zero-order chi connectivity index (χ0) is 9.80. The van der Waals surface area contributed by atoms with Gasteiger partial charge in [0.05, 0.1) is 6.61 Å². The summed E-state index contributed by atoms with van der Waals surface area (Å²) in [5.41, 5.74) is 0.923. The Labute approximate surface area is 83.3 Å². The first-order valence-electron chi connectivity index (χ1n) is 4.87. The van der Waals surface area contributed by atoms with Crippen LogP contribution in [0.3, 0.4) is 0 Å². The van der Waals surface area contributed by atoms with Crippen molar-refractivity contribution in [2.45, 2.75) is 25.9 Å². The molecule has 0 radical (unpaired) electrons. The highest BCUT2D eigenvalue weighted by Gasteiger charge is 2.15. The van der Waals surface area contributed by atoms with Crippen LogP contribution in [0.5, 0.6) is 5.88 Å². The molecule has 1 aliphatic rings. The molecule has 1 saturated heterocycles. The van der Waals surface area contributed by atoms with Crippen molar-refractivity contribution < 1.29 is 9.47 Å². The SMILES string of the molecule is Cc1cc(OC2CCCOC2)ncn1. The van der Waals surface area contributed by atoms with Gasteiger partial charge >= 0.3 is 0 Å². The van der Waals surface area contributed by atoms with Crippen LogP contribution in [0.1, 0.15) is 18.5 Å². The maximum Gasteiger partial charge on any atom is 0.216 e. The van der Waals surface area contributed by atoms with Crippen molar-refractivity contribution in [1.29, 1.82) is 0 Å². The molecular weight excluding hydrogens is 180 g/mol. The minimum Gasteiger partial charge on any atom is -0.472 e. The molecule has 76 valence electrons. The average molecular weight is 194 g/mol. The summed E-state index contributed by atoms with van der Waals surface area (Å²) in [4.78, 5) is 8.06. The summed E-state index contributed by atoms with van der Waals surface area (Å²) in [5.74, 6) is 0.646. The monoisotopic (exact) mass is 194 g/mol. The summed E-state index contributed by atoms with van der Waals surface area (Å²) in [6, 6.07) is 1.84. The van der Waals surface area contributed by atoms with E-state index in [0.717, 1.165) is 25.1 Å². The average Bonchev–Trinajstić information content (AvgIpc) is 2.19. The number of nitrogens with zero attached hydrogens (tertiary/aromatic N) is 2. The predicted octanol–water partition coefficient (Wildman–Crippen LogP) is 1.34. The number of hydrogen-bond acceptors (Lipinski definition) is 4. The maximum atomic E-state index is 5.66. The van der Waals surface area contributed by atoms with Gasteiger partial charge in [-0.25, -0.2) is 9.97 Å². The highest BCUT2D eigenvalue weighted by Crippen LogP contribution is 2.14. The Bertz CT molecular complexity index is 298. The Balaban J connectivity index is 1.95. The van der Waals surface area contributed by atoms with Crippen molar-refractivity contribution in [1.82, 2.24) is 9.97 Å². The van der Waals surface area contributed by atoms with E-state index >= 15 is 0 Å². The molecule has 0 bridgehead atoms. The van der Waals surface area contributed by atoms with Crippen molar-refractivity contribution in [2.24, 2.45) is 0 Å². The Kier molecular flexibility index (Phi) is 2.93. The van der Waals surface area contributed by atoms with Crippen LogP contribution in [0.2, 0.25) is 0 Å². The molecule has 0 spiro atoms. The third-order valence-corrected chi connectivity index (χ3v) is 2.18. The maximum absolute atomic E-state index is 5.66. The molecular formula is C10H14N2O2. The summed E-state index contributed by atoms with van der Waals surface area (Å²) in [6.45, 7) is 3.44.